The molecule has 2 amide bonds. The van der Waals surface area contributed by atoms with E-state index in [2.05, 4.69) is 10.3 Å². The summed E-state index contributed by atoms with van der Waals surface area (Å²) in [6, 6.07) is 10.7. The molecule has 0 radical (unpaired) electrons. The van der Waals surface area contributed by atoms with Crippen LogP contribution in [0.15, 0.2) is 40.8 Å². The molecule has 0 aliphatic rings. The van der Waals surface area contributed by atoms with Gasteiger partial charge >= 0.3 is 5.97 Å². The van der Waals surface area contributed by atoms with Gasteiger partial charge in [0.1, 0.15) is 0 Å². The van der Waals surface area contributed by atoms with E-state index in [0.717, 1.165) is 10.2 Å². The Kier molecular flexibility index (Phi) is 4.75. The van der Waals surface area contributed by atoms with E-state index >= 15 is 0 Å². The summed E-state index contributed by atoms with van der Waals surface area (Å²) in [5.41, 5.74) is 5.73. The van der Waals surface area contributed by atoms with Gasteiger partial charge in [0.05, 0.1) is 16.8 Å². The van der Waals surface area contributed by atoms with E-state index in [1.807, 2.05) is 24.3 Å². The highest BCUT2D eigenvalue weighted by molar-refractivity contribution is 7.21. The maximum atomic E-state index is 11.9. The van der Waals surface area contributed by atoms with E-state index in [1.54, 1.807) is 6.07 Å². The molecule has 128 valence electrons. The van der Waals surface area contributed by atoms with Crippen LogP contribution in [0, 0.1) is 0 Å². The third-order valence-electron chi connectivity index (χ3n) is 3.11. The van der Waals surface area contributed by atoms with Crippen LogP contribution in [0.1, 0.15) is 10.6 Å². The number of rotatable bonds is 6. The minimum atomic E-state index is -0.790. The third kappa shape index (κ3) is 4.01. The van der Waals surface area contributed by atoms with Crippen molar-refractivity contribution in [2.75, 3.05) is 13.2 Å². The van der Waals surface area contributed by atoms with Crippen molar-refractivity contribution in [3.63, 3.8) is 0 Å². The van der Waals surface area contributed by atoms with Crippen molar-refractivity contribution in [2.24, 2.45) is 5.73 Å². The maximum Gasteiger partial charge on any atom is 0.374 e. The molecule has 0 aliphatic carbocycles. The van der Waals surface area contributed by atoms with Crippen LogP contribution in [0.2, 0.25) is 0 Å². The molecule has 0 bridgehead atoms. The fraction of sp³-hybridized carbons (Fsp3) is 0.125. The van der Waals surface area contributed by atoms with Crippen molar-refractivity contribution in [1.82, 2.24) is 10.3 Å². The van der Waals surface area contributed by atoms with Gasteiger partial charge in [-0.25, -0.2) is 9.78 Å². The van der Waals surface area contributed by atoms with E-state index in [-0.39, 0.29) is 12.3 Å². The highest BCUT2D eigenvalue weighted by atomic mass is 32.1. The number of fused-ring (bicyclic) bond motifs is 1. The summed E-state index contributed by atoms with van der Waals surface area (Å²) in [5, 5.41) is 2.84. The van der Waals surface area contributed by atoms with Crippen molar-refractivity contribution in [1.29, 1.82) is 0 Å². The number of para-hydroxylation sites is 1. The molecule has 0 atom stereocenters. The second-order valence-corrected chi connectivity index (χ2v) is 6.00. The van der Waals surface area contributed by atoms with Gasteiger partial charge in [0, 0.05) is 0 Å². The van der Waals surface area contributed by atoms with Crippen molar-refractivity contribution < 1.29 is 23.5 Å². The molecule has 0 spiro atoms. The zero-order valence-electron chi connectivity index (χ0n) is 12.9. The highest BCUT2D eigenvalue weighted by Gasteiger charge is 2.17. The number of thiazole rings is 1. The Labute approximate surface area is 145 Å². The fourth-order valence-corrected chi connectivity index (χ4v) is 2.91. The van der Waals surface area contributed by atoms with Crippen LogP contribution in [0.3, 0.4) is 0 Å². The first-order valence-electron chi connectivity index (χ1n) is 7.21. The summed E-state index contributed by atoms with van der Waals surface area (Å²) in [6.45, 7) is -0.859. The number of ether oxygens (including phenoxy) is 1. The van der Waals surface area contributed by atoms with E-state index in [4.69, 9.17) is 14.9 Å². The summed E-state index contributed by atoms with van der Waals surface area (Å²) >= 11 is 1.44. The second kappa shape index (κ2) is 7.14. The summed E-state index contributed by atoms with van der Waals surface area (Å²) in [4.78, 5) is 38.3. The van der Waals surface area contributed by atoms with E-state index in [9.17, 15) is 14.4 Å². The SMILES string of the molecule is NC(=O)CNC(=O)COC(=O)c1ccc(-c2nc3ccccc3s2)o1. The monoisotopic (exact) mass is 359 g/mol. The number of benzene rings is 1. The van der Waals surface area contributed by atoms with Gasteiger partial charge in [-0.3, -0.25) is 9.59 Å². The Hall–Kier alpha value is -3.20. The second-order valence-electron chi connectivity index (χ2n) is 4.97. The van der Waals surface area contributed by atoms with Crippen LogP contribution in [0.25, 0.3) is 21.0 Å². The van der Waals surface area contributed by atoms with Gasteiger partial charge in [-0.15, -0.1) is 11.3 Å². The van der Waals surface area contributed by atoms with Gasteiger partial charge < -0.3 is 20.2 Å². The van der Waals surface area contributed by atoms with Crippen molar-refractivity contribution >= 4 is 39.3 Å². The number of hydrogen-bond acceptors (Lipinski definition) is 7. The minimum absolute atomic E-state index is 0.0445. The zero-order chi connectivity index (χ0) is 17.8. The summed E-state index contributed by atoms with van der Waals surface area (Å²) in [7, 11) is 0. The van der Waals surface area contributed by atoms with Gasteiger partial charge in [0.25, 0.3) is 5.91 Å². The summed E-state index contributed by atoms with van der Waals surface area (Å²) < 4.78 is 11.3. The minimum Gasteiger partial charge on any atom is -0.450 e. The van der Waals surface area contributed by atoms with E-state index in [0.29, 0.717) is 10.8 Å². The van der Waals surface area contributed by atoms with Crippen LogP contribution in [-0.2, 0) is 14.3 Å². The number of aromatic nitrogens is 1. The lowest BCUT2D eigenvalue weighted by Gasteiger charge is -2.03. The molecular formula is C16H13N3O5S. The number of primary amides is 1. The number of nitrogens with two attached hydrogens (primary N) is 1. The average molecular weight is 359 g/mol. The normalized spacial score (nSPS) is 10.6. The lowest BCUT2D eigenvalue weighted by atomic mass is 10.3. The molecule has 9 heteroatoms. The summed E-state index contributed by atoms with van der Waals surface area (Å²) in [5.74, 6) is -1.72. The number of hydrogen-bond donors (Lipinski definition) is 2. The van der Waals surface area contributed by atoms with Crippen LogP contribution >= 0.6 is 11.3 Å². The third-order valence-corrected chi connectivity index (χ3v) is 4.16. The molecule has 0 saturated carbocycles. The van der Waals surface area contributed by atoms with Crippen molar-refractivity contribution in [3.8, 4) is 10.8 Å². The molecule has 0 unspecified atom stereocenters. The number of carbonyl (C=O) groups excluding carboxylic acids is 3. The molecule has 3 aromatic rings. The number of furan rings is 1. The molecule has 2 aromatic heterocycles. The average Bonchev–Trinajstić information content (AvgIpc) is 3.24. The van der Waals surface area contributed by atoms with Gasteiger partial charge in [-0.1, -0.05) is 12.1 Å². The van der Waals surface area contributed by atoms with Crippen LogP contribution in [-0.4, -0.2) is 35.9 Å². The molecule has 2 heterocycles. The number of carbonyl (C=O) groups is 3. The van der Waals surface area contributed by atoms with Crippen LogP contribution in [0.4, 0.5) is 0 Å². The summed E-state index contributed by atoms with van der Waals surface area (Å²) in [6.07, 6.45) is 0. The number of esters is 1. The van der Waals surface area contributed by atoms with Gasteiger partial charge in [-0.05, 0) is 24.3 Å². The van der Waals surface area contributed by atoms with E-state index in [1.165, 1.54) is 17.4 Å². The Morgan fingerprint density at radius 2 is 2.00 bits per heavy atom. The lowest BCUT2D eigenvalue weighted by molar-refractivity contribution is -0.127. The quantitative estimate of drug-likeness (QED) is 0.640. The molecule has 8 nitrogen and oxygen atoms in total. The number of amides is 2. The number of nitrogens with zero attached hydrogens (tertiary/aromatic N) is 1. The van der Waals surface area contributed by atoms with Crippen LogP contribution < -0.4 is 11.1 Å². The first kappa shape index (κ1) is 16.7. The molecule has 3 rings (SSSR count). The molecule has 0 fully saturated rings. The van der Waals surface area contributed by atoms with E-state index < -0.39 is 24.4 Å². The zero-order valence-corrected chi connectivity index (χ0v) is 13.7. The molecule has 1 aromatic carbocycles. The molecule has 0 saturated heterocycles. The smallest absolute Gasteiger partial charge is 0.374 e. The fourth-order valence-electron chi connectivity index (χ4n) is 1.98. The largest absolute Gasteiger partial charge is 0.450 e. The first-order valence-corrected chi connectivity index (χ1v) is 8.02. The molecule has 25 heavy (non-hydrogen) atoms. The predicted octanol–water partition coefficient (Wildman–Crippen LogP) is 1.31. The topological polar surface area (TPSA) is 125 Å². The Morgan fingerprint density at radius 1 is 1.20 bits per heavy atom. The standard InChI is InChI=1S/C16H13N3O5S/c17-13(20)7-18-14(21)8-23-16(22)11-6-5-10(24-11)15-19-9-3-1-2-4-12(9)25-15/h1-6H,7-8H2,(H2,17,20)(H,18,21). The molecular weight excluding hydrogens is 346 g/mol. The lowest BCUT2D eigenvalue weighted by Crippen LogP contribution is -2.35. The van der Waals surface area contributed by atoms with Crippen molar-refractivity contribution in [3.05, 3.63) is 42.2 Å². The Morgan fingerprint density at radius 3 is 2.76 bits per heavy atom. The maximum absolute atomic E-state index is 11.9. The molecule has 3 N–H and O–H groups in total. The highest BCUT2D eigenvalue weighted by Crippen LogP contribution is 2.31. The number of nitrogens with one attached hydrogen (secondary N) is 1. The first-order chi connectivity index (χ1) is 12.0. The van der Waals surface area contributed by atoms with Crippen LogP contribution in [0.5, 0.6) is 0 Å². The Bertz CT molecular complexity index is 913. The molecule has 0 aliphatic heterocycles. The predicted molar refractivity (Wildman–Crippen MR) is 89.8 cm³/mol. The van der Waals surface area contributed by atoms with Gasteiger partial charge in [0.2, 0.25) is 11.7 Å². The van der Waals surface area contributed by atoms with Gasteiger partial charge in [0.15, 0.2) is 17.4 Å². The Balaban J connectivity index is 1.63. The van der Waals surface area contributed by atoms with Crippen molar-refractivity contribution in [2.45, 2.75) is 0 Å². The van der Waals surface area contributed by atoms with Gasteiger partial charge in [-0.2, -0.15) is 0 Å².